The van der Waals surface area contributed by atoms with E-state index >= 15 is 0 Å². The Bertz CT molecular complexity index is 688. The Hall–Kier alpha value is -2.28. The zero-order chi connectivity index (χ0) is 16.4. The summed E-state index contributed by atoms with van der Waals surface area (Å²) in [4.78, 5) is 16.0. The van der Waals surface area contributed by atoms with Crippen molar-refractivity contribution >= 4 is 5.91 Å². The van der Waals surface area contributed by atoms with Crippen molar-refractivity contribution in [2.75, 3.05) is 13.1 Å². The Morgan fingerprint density at radius 3 is 2.83 bits per heavy atom. The summed E-state index contributed by atoms with van der Waals surface area (Å²) < 4.78 is 14.4. The number of piperidine rings is 1. The number of carbonyl (C=O) groups is 1. The monoisotopic (exact) mass is 317 g/mol. The molecule has 0 bridgehead atoms. The number of rotatable bonds is 3. The molecule has 7 heteroatoms. The lowest BCUT2D eigenvalue weighted by Crippen LogP contribution is -2.51. The molecular formula is C16H20FN5O. The molecule has 1 saturated heterocycles. The van der Waals surface area contributed by atoms with E-state index in [1.54, 1.807) is 17.0 Å². The number of nitrogens with two attached hydrogens (primary N) is 1. The topological polar surface area (TPSA) is 77.0 Å². The van der Waals surface area contributed by atoms with Gasteiger partial charge in [-0.2, -0.15) is 15.0 Å². The van der Waals surface area contributed by atoms with Crippen molar-refractivity contribution in [3.05, 3.63) is 42.0 Å². The van der Waals surface area contributed by atoms with Gasteiger partial charge in [0, 0.05) is 19.1 Å². The van der Waals surface area contributed by atoms with Crippen LogP contribution in [0.15, 0.2) is 30.6 Å². The molecule has 0 saturated carbocycles. The van der Waals surface area contributed by atoms with Crippen LogP contribution in [0.1, 0.15) is 30.1 Å². The second-order valence-corrected chi connectivity index (χ2v) is 5.87. The van der Waals surface area contributed by atoms with Gasteiger partial charge in [0.2, 0.25) is 0 Å². The number of amides is 1. The van der Waals surface area contributed by atoms with Crippen LogP contribution in [0.5, 0.6) is 0 Å². The standard InChI is InChI=1S/C16H20FN5O/c1-11-4-3-9-21(14(11)10-18)16(23)15-12(17)5-2-6-13(15)22-19-7-8-20-22/h2,5-8,11,14H,3-4,9-10,18H2,1H3. The number of hydrogen-bond donors (Lipinski definition) is 1. The van der Waals surface area contributed by atoms with E-state index in [0.717, 1.165) is 12.8 Å². The van der Waals surface area contributed by atoms with Crippen LogP contribution in [0.3, 0.4) is 0 Å². The van der Waals surface area contributed by atoms with Crippen LogP contribution in [0.25, 0.3) is 5.69 Å². The molecule has 2 atom stereocenters. The summed E-state index contributed by atoms with van der Waals surface area (Å²) in [5.74, 6) is -0.619. The lowest BCUT2D eigenvalue weighted by atomic mass is 9.90. The molecule has 1 amide bonds. The van der Waals surface area contributed by atoms with E-state index in [2.05, 4.69) is 17.1 Å². The first-order valence-corrected chi connectivity index (χ1v) is 7.79. The van der Waals surface area contributed by atoms with Crippen LogP contribution < -0.4 is 5.73 Å². The third-order valence-electron chi connectivity index (χ3n) is 4.46. The Morgan fingerprint density at radius 1 is 1.39 bits per heavy atom. The molecule has 0 radical (unpaired) electrons. The molecule has 0 aliphatic carbocycles. The van der Waals surface area contributed by atoms with Gasteiger partial charge in [0.15, 0.2) is 0 Å². The van der Waals surface area contributed by atoms with Gasteiger partial charge >= 0.3 is 0 Å². The molecular weight excluding hydrogens is 297 g/mol. The van der Waals surface area contributed by atoms with Gasteiger partial charge in [-0.25, -0.2) is 4.39 Å². The molecule has 2 N–H and O–H groups in total. The maximum Gasteiger partial charge on any atom is 0.259 e. The van der Waals surface area contributed by atoms with Crippen molar-refractivity contribution in [3.63, 3.8) is 0 Å². The number of halogens is 1. The van der Waals surface area contributed by atoms with Crippen LogP contribution in [-0.2, 0) is 0 Å². The second-order valence-electron chi connectivity index (χ2n) is 5.87. The average Bonchev–Trinajstić information content (AvgIpc) is 3.08. The first-order valence-electron chi connectivity index (χ1n) is 7.79. The Labute approximate surface area is 134 Å². The fraction of sp³-hybridized carbons (Fsp3) is 0.438. The van der Waals surface area contributed by atoms with Crippen LogP contribution in [-0.4, -0.2) is 44.9 Å². The van der Waals surface area contributed by atoms with Crippen molar-refractivity contribution in [3.8, 4) is 5.69 Å². The zero-order valence-corrected chi connectivity index (χ0v) is 13.0. The van der Waals surface area contributed by atoms with Gasteiger partial charge in [-0.3, -0.25) is 4.79 Å². The molecule has 2 aromatic rings. The van der Waals surface area contributed by atoms with E-state index in [-0.39, 0.29) is 17.5 Å². The van der Waals surface area contributed by atoms with Crippen molar-refractivity contribution in [1.29, 1.82) is 0 Å². The average molecular weight is 317 g/mol. The van der Waals surface area contributed by atoms with Crippen molar-refractivity contribution in [2.45, 2.75) is 25.8 Å². The van der Waals surface area contributed by atoms with Gasteiger partial charge in [0.1, 0.15) is 17.1 Å². The Morgan fingerprint density at radius 2 is 2.13 bits per heavy atom. The highest BCUT2D eigenvalue weighted by atomic mass is 19.1. The van der Waals surface area contributed by atoms with Crippen molar-refractivity contribution < 1.29 is 9.18 Å². The van der Waals surface area contributed by atoms with Gasteiger partial charge in [-0.1, -0.05) is 13.0 Å². The Kier molecular flexibility index (Phi) is 4.38. The van der Waals surface area contributed by atoms with E-state index in [1.807, 2.05) is 0 Å². The van der Waals surface area contributed by atoms with Crippen LogP contribution in [0.2, 0.25) is 0 Å². The highest BCUT2D eigenvalue weighted by Gasteiger charge is 2.33. The molecule has 0 spiro atoms. The lowest BCUT2D eigenvalue weighted by molar-refractivity contribution is 0.0527. The van der Waals surface area contributed by atoms with E-state index in [0.29, 0.717) is 24.7 Å². The van der Waals surface area contributed by atoms with Gasteiger partial charge in [-0.15, -0.1) is 0 Å². The summed E-state index contributed by atoms with van der Waals surface area (Å²) in [5.41, 5.74) is 6.19. The molecule has 3 rings (SSSR count). The molecule has 1 aromatic carbocycles. The first kappa shape index (κ1) is 15.6. The van der Waals surface area contributed by atoms with Crippen molar-refractivity contribution in [2.24, 2.45) is 11.7 Å². The molecule has 1 aliphatic heterocycles. The zero-order valence-electron chi connectivity index (χ0n) is 13.0. The second kappa shape index (κ2) is 6.45. The van der Waals surface area contributed by atoms with Gasteiger partial charge < -0.3 is 10.6 Å². The lowest BCUT2D eigenvalue weighted by Gasteiger charge is -2.39. The fourth-order valence-corrected chi connectivity index (χ4v) is 3.24. The van der Waals surface area contributed by atoms with Crippen LogP contribution in [0.4, 0.5) is 4.39 Å². The summed E-state index contributed by atoms with van der Waals surface area (Å²) in [6.07, 6.45) is 4.90. The normalized spacial score (nSPS) is 21.4. The first-order chi connectivity index (χ1) is 11.1. The van der Waals surface area contributed by atoms with Crippen LogP contribution >= 0.6 is 0 Å². The molecule has 1 aromatic heterocycles. The SMILES string of the molecule is CC1CCCN(C(=O)c2c(F)cccc2-n2nccn2)C1CN. The third kappa shape index (κ3) is 2.84. The smallest absolute Gasteiger partial charge is 0.259 e. The summed E-state index contributed by atoms with van der Waals surface area (Å²) in [6.45, 7) is 3.04. The van der Waals surface area contributed by atoms with E-state index in [4.69, 9.17) is 5.73 Å². The molecule has 2 unspecified atom stereocenters. The number of benzene rings is 1. The minimum Gasteiger partial charge on any atom is -0.334 e. The highest BCUT2D eigenvalue weighted by Crippen LogP contribution is 2.27. The number of likely N-dealkylation sites (tertiary alicyclic amines) is 1. The number of hydrogen-bond acceptors (Lipinski definition) is 4. The van der Waals surface area contributed by atoms with Gasteiger partial charge in [-0.05, 0) is 30.9 Å². The summed E-state index contributed by atoms with van der Waals surface area (Å²) in [7, 11) is 0. The Balaban J connectivity index is 2.02. The van der Waals surface area contributed by atoms with Crippen LogP contribution in [0, 0.1) is 11.7 Å². The van der Waals surface area contributed by atoms with E-state index in [9.17, 15) is 9.18 Å². The fourth-order valence-electron chi connectivity index (χ4n) is 3.24. The number of nitrogens with zero attached hydrogens (tertiary/aromatic N) is 4. The predicted octanol–water partition coefficient (Wildman–Crippen LogP) is 1.61. The molecule has 1 aliphatic rings. The van der Waals surface area contributed by atoms with Crippen molar-refractivity contribution in [1.82, 2.24) is 19.9 Å². The molecule has 23 heavy (non-hydrogen) atoms. The molecule has 122 valence electrons. The van der Waals surface area contributed by atoms with Gasteiger partial charge in [0.25, 0.3) is 5.91 Å². The number of carbonyl (C=O) groups excluding carboxylic acids is 1. The molecule has 6 nitrogen and oxygen atoms in total. The minimum atomic E-state index is -0.571. The maximum atomic E-state index is 14.4. The molecule has 2 heterocycles. The minimum absolute atomic E-state index is 0.00347. The maximum absolute atomic E-state index is 14.4. The predicted molar refractivity (Wildman–Crippen MR) is 83.6 cm³/mol. The number of aromatic nitrogens is 3. The summed E-state index contributed by atoms with van der Waals surface area (Å²) in [6, 6.07) is 4.39. The third-order valence-corrected chi connectivity index (χ3v) is 4.46. The quantitative estimate of drug-likeness (QED) is 0.933. The van der Waals surface area contributed by atoms with E-state index in [1.165, 1.54) is 23.3 Å². The molecule has 1 fully saturated rings. The van der Waals surface area contributed by atoms with Gasteiger partial charge in [0.05, 0.1) is 12.4 Å². The largest absolute Gasteiger partial charge is 0.334 e. The summed E-state index contributed by atoms with van der Waals surface area (Å²) in [5, 5.41) is 8.03. The summed E-state index contributed by atoms with van der Waals surface area (Å²) >= 11 is 0. The highest BCUT2D eigenvalue weighted by molar-refractivity contribution is 5.98. The van der Waals surface area contributed by atoms with E-state index < -0.39 is 5.82 Å².